The van der Waals surface area contributed by atoms with Crippen LogP contribution in [-0.4, -0.2) is 43.8 Å². The Morgan fingerprint density at radius 3 is 2.94 bits per heavy atom. The SMILES string of the molecule is CCCC1CCN(CC2(C)COCC2N)C1. The van der Waals surface area contributed by atoms with E-state index in [9.17, 15) is 0 Å². The monoisotopic (exact) mass is 226 g/mol. The zero-order valence-electron chi connectivity index (χ0n) is 10.7. The van der Waals surface area contributed by atoms with Crippen molar-refractivity contribution in [2.75, 3.05) is 32.8 Å². The summed E-state index contributed by atoms with van der Waals surface area (Å²) in [6.07, 6.45) is 4.08. The number of hydrogen-bond donors (Lipinski definition) is 1. The van der Waals surface area contributed by atoms with Crippen molar-refractivity contribution in [2.24, 2.45) is 17.1 Å². The fourth-order valence-electron chi connectivity index (χ4n) is 3.10. The van der Waals surface area contributed by atoms with Crippen LogP contribution in [0.25, 0.3) is 0 Å². The van der Waals surface area contributed by atoms with Crippen molar-refractivity contribution in [1.82, 2.24) is 4.90 Å². The number of likely N-dealkylation sites (tertiary alicyclic amines) is 1. The first-order chi connectivity index (χ1) is 7.64. The molecule has 3 nitrogen and oxygen atoms in total. The summed E-state index contributed by atoms with van der Waals surface area (Å²) in [5.74, 6) is 0.923. The lowest BCUT2D eigenvalue weighted by Gasteiger charge is -2.32. The summed E-state index contributed by atoms with van der Waals surface area (Å²) < 4.78 is 5.51. The van der Waals surface area contributed by atoms with E-state index in [1.165, 1.54) is 32.4 Å². The highest BCUT2D eigenvalue weighted by atomic mass is 16.5. The van der Waals surface area contributed by atoms with E-state index in [4.69, 9.17) is 10.5 Å². The summed E-state index contributed by atoms with van der Waals surface area (Å²) in [6, 6.07) is 0.220. The molecule has 0 amide bonds. The van der Waals surface area contributed by atoms with Gasteiger partial charge in [0.25, 0.3) is 0 Å². The molecule has 2 heterocycles. The molecule has 3 unspecified atom stereocenters. The largest absolute Gasteiger partial charge is 0.379 e. The Hall–Kier alpha value is -0.120. The summed E-state index contributed by atoms with van der Waals surface area (Å²) >= 11 is 0. The Morgan fingerprint density at radius 1 is 1.50 bits per heavy atom. The van der Waals surface area contributed by atoms with Crippen LogP contribution in [0.15, 0.2) is 0 Å². The summed E-state index contributed by atoms with van der Waals surface area (Å²) in [5, 5.41) is 0. The van der Waals surface area contributed by atoms with Gasteiger partial charge in [0.15, 0.2) is 0 Å². The second kappa shape index (κ2) is 5.03. The molecule has 2 aliphatic rings. The van der Waals surface area contributed by atoms with Gasteiger partial charge in [-0.15, -0.1) is 0 Å². The highest BCUT2D eigenvalue weighted by Crippen LogP contribution is 2.31. The third-order valence-corrected chi connectivity index (χ3v) is 4.28. The molecule has 94 valence electrons. The number of rotatable bonds is 4. The lowest BCUT2D eigenvalue weighted by atomic mass is 9.85. The van der Waals surface area contributed by atoms with E-state index in [-0.39, 0.29) is 11.5 Å². The molecule has 16 heavy (non-hydrogen) atoms. The molecule has 2 N–H and O–H groups in total. The fourth-order valence-corrected chi connectivity index (χ4v) is 3.10. The highest BCUT2D eigenvalue weighted by molar-refractivity contribution is 4.93. The minimum Gasteiger partial charge on any atom is -0.379 e. The topological polar surface area (TPSA) is 38.5 Å². The van der Waals surface area contributed by atoms with Crippen molar-refractivity contribution in [3.05, 3.63) is 0 Å². The molecule has 0 radical (unpaired) electrons. The Labute approximate surface area is 99.3 Å². The molecule has 0 spiro atoms. The Morgan fingerprint density at radius 2 is 2.31 bits per heavy atom. The second-order valence-electron chi connectivity index (χ2n) is 5.95. The molecule has 0 aliphatic carbocycles. The molecule has 3 atom stereocenters. The molecule has 0 aromatic carbocycles. The first-order valence-corrected chi connectivity index (χ1v) is 6.70. The van der Waals surface area contributed by atoms with Gasteiger partial charge in [-0.1, -0.05) is 20.3 Å². The quantitative estimate of drug-likeness (QED) is 0.789. The molecular formula is C13H26N2O. The van der Waals surface area contributed by atoms with Crippen LogP contribution in [0.4, 0.5) is 0 Å². The van der Waals surface area contributed by atoms with E-state index in [1.807, 2.05) is 0 Å². The molecule has 0 aromatic heterocycles. The van der Waals surface area contributed by atoms with Gasteiger partial charge >= 0.3 is 0 Å². The van der Waals surface area contributed by atoms with Crippen molar-refractivity contribution in [2.45, 2.75) is 39.2 Å². The van der Waals surface area contributed by atoms with Crippen LogP contribution in [-0.2, 0) is 4.74 Å². The van der Waals surface area contributed by atoms with Gasteiger partial charge in [0.1, 0.15) is 0 Å². The summed E-state index contributed by atoms with van der Waals surface area (Å²) in [7, 11) is 0. The Bertz CT molecular complexity index is 234. The smallest absolute Gasteiger partial charge is 0.0624 e. The first kappa shape index (κ1) is 12.3. The van der Waals surface area contributed by atoms with Crippen LogP contribution in [0.5, 0.6) is 0 Å². The molecule has 2 saturated heterocycles. The minimum absolute atomic E-state index is 0.182. The van der Waals surface area contributed by atoms with Gasteiger partial charge in [-0.3, -0.25) is 0 Å². The van der Waals surface area contributed by atoms with Crippen molar-refractivity contribution in [3.63, 3.8) is 0 Å². The first-order valence-electron chi connectivity index (χ1n) is 6.70. The van der Waals surface area contributed by atoms with Gasteiger partial charge in [0.2, 0.25) is 0 Å². The number of nitrogens with two attached hydrogens (primary N) is 1. The van der Waals surface area contributed by atoms with Crippen LogP contribution in [0.3, 0.4) is 0 Å². The Balaban J connectivity index is 1.82. The zero-order chi connectivity index (χ0) is 11.6. The maximum absolute atomic E-state index is 6.13. The average Bonchev–Trinajstić information content (AvgIpc) is 2.77. The van der Waals surface area contributed by atoms with E-state index in [1.54, 1.807) is 0 Å². The molecule has 0 saturated carbocycles. The van der Waals surface area contributed by atoms with Gasteiger partial charge in [-0.2, -0.15) is 0 Å². The lowest BCUT2D eigenvalue weighted by molar-refractivity contribution is 0.128. The molecular weight excluding hydrogens is 200 g/mol. The van der Waals surface area contributed by atoms with Gasteiger partial charge in [-0.05, 0) is 25.3 Å². The molecule has 2 rings (SSSR count). The maximum Gasteiger partial charge on any atom is 0.0624 e. The number of hydrogen-bond acceptors (Lipinski definition) is 3. The summed E-state index contributed by atoms with van der Waals surface area (Å²) in [5.41, 5.74) is 6.31. The van der Waals surface area contributed by atoms with Crippen LogP contribution >= 0.6 is 0 Å². The van der Waals surface area contributed by atoms with E-state index in [0.717, 1.165) is 25.7 Å². The summed E-state index contributed by atoms with van der Waals surface area (Å²) in [4.78, 5) is 2.59. The van der Waals surface area contributed by atoms with Gasteiger partial charge in [-0.25, -0.2) is 0 Å². The predicted molar refractivity (Wildman–Crippen MR) is 66.4 cm³/mol. The van der Waals surface area contributed by atoms with E-state index < -0.39 is 0 Å². The van der Waals surface area contributed by atoms with Crippen LogP contribution < -0.4 is 5.73 Å². The van der Waals surface area contributed by atoms with Crippen molar-refractivity contribution >= 4 is 0 Å². The van der Waals surface area contributed by atoms with Crippen molar-refractivity contribution < 1.29 is 4.74 Å². The molecule has 2 fully saturated rings. The van der Waals surface area contributed by atoms with Crippen molar-refractivity contribution in [3.8, 4) is 0 Å². The van der Waals surface area contributed by atoms with Gasteiger partial charge in [0.05, 0.1) is 13.2 Å². The molecule has 0 bridgehead atoms. The fraction of sp³-hybridized carbons (Fsp3) is 1.00. The number of ether oxygens (including phenoxy) is 1. The third-order valence-electron chi connectivity index (χ3n) is 4.28. The van der Waals surface area contributed by atoms with Crippen LogP contribution in [0.1, 0.15) is 33.1 Å². The highest BCUT2D eigenvalue weighted by Gasteiger charge is 2.40. The molecule has 2 aliphatic heterocycles. The van der Waals surface area contributed by atoms with E-state index in [0.29, 0.717) is 0 Å². The van der Waals surface area contributed by atoms with Gasteiger partial charge in [0, 0.05) is 24.5 Å². The summed E-state index contributed by atoms with van der Waals surface area (Å²) in [6.45, 7) is 9.78. The third kappa shape index (κ3) is 2.58. The lowest BCUT2D eigenvalue weighted by Crippen LogP contribution is -2.46. The average molecular weight is 226 g/mol. The van der Waals surface area contributed by atoms with E-state index in [2.05, 4.69) is 18.7 Å². The molecule has 0 aromatic rings. The normalized spacial score (nSPS) is 40.7. The zero-order valence-corrected chi connectivity index (χ0v) is 10.7. The minimum atomic E-state index is 0.182. The predicted octanol–water partition coefficient (Wildman–Crippen LogP) is 1.47. The van der Waals surface area contributed by atoms with Crippen LogP contribution in [0, 0.1) is 11.3 Å². The van der Waals surface area contributed by atoms with E-state index >= 15 is 0 Å². The number of nitrogens with zero attached hydrogens (tertiary/aromatic N) is 1. The maximum atomic E-state index is 6.13. The van der Waals surface area contributed by atoms with Crippen molar-refractivity contribution in [1.29, 1.82) is 0 Å². The Kier molecular flexibility index (Phi) is 3.88. The van der Waals surface area contributed by atoms with Crippen LogP contribution in [0.2, 0.25) is 0 Å². The second-order valence-corrected chi connectivity index (χ2v) is 5.95. The molecule has 3 heteroatoms. The van der Waals surface area contributed by atoms with Gasteiger partial charge < -0.3 is 15.4 Å². The standard InChI is InChI=1S/C13H26N2O/c1-3-4-11-5-6-15(7-11)9-13(2)10-16-8-12(13)14/h11-12H,3-10,14H2,1-2H3.